The smallest absolute Gasteiger partial charge is 0.257 e. The number of aryl methyl sites for hydroxylation is 1. The molecule has 4 nitrogen and oxygen atoms in total. The van der Waals surface area contributed by atoms with Gasteiger partial charge in [-0.3, -0.25) is 9.59 Å². The minimum atomic E-state index is -0.598. The number of hydrogen-bond acceptors (Lipinski definition) is 2. The SMILES string of the molecule is Cc1cccc(NC(=O)CN(C)C(=O)c2ccccc2F)c1C. The number of halogens is 1. The summed E-state index contributed by atoms with van der Waals surface area (Å²) in [5.74, 6) is -1.45. The maximum Gasteiger partial charge on any atom is 0.257 e. The number of carbonyl (C=O) groups is 2. The molecule has 0 saturated heterocycles. The molecule has 0 heterocycles. The van der Waals surface area contributed by atoms with Crippen molar-refractivity contribution in [3.63, 3.8) is 0 Å². The summed E-state index contributed by atoms with van der Waals surface area (Å²) >= 11 is 0. The van der Waals surface area contributed by atoms with E-state index in [1.807, 2.05) is 26.0 Å². The summed E-state index contributed by atoms with van der Waals surface area (Å²) in [7, 11) is 1.47. The third-order valence-electron chi connectivity index (χ3n) is 3.71. The van der Waals surface area contributed by atoms with Gasteiger partial charge in [-0.05, 0) is 43.2 Å². The molecular weight excluding hydrogens is 295 g/mol. The zero-order valence-electron chi connectivity index (χ0n) is 13.4. The number of hydrogen-bond donors (Lipinski definition) is 1. The second-order valence-corrected chi connectivity index (χ2v) is 5.44. The Bertz CT molecular complexity index is 744. The van der Waals surface area contributed by atoms with Gasteiger partial charge in [0.1, 0.15) is 5.82 Å². The van der Waals surface area contributed by atoms with Gasteiger partial charge >= 0.3 is 0 Å². The molecule has 0 radical (unpaired) electrons. The minimum absolute atomic E-state index is 0.0467. The molecule has 5 heteroatoms. The Hall–Kier alpha value is -2.69. The molecule has 120 valence electrons. The summed E-state index contributed by atoms with van der Waals surface area (Å²) in [5, 5.41) is 2.78. The van der Waals surface area contributed by atoms with Crippen LogP contribution in [0.15, 0.2) is 42.5 Å². The molecule has 0 unspecified atom stereocenters. The Balaban J connectivity index is 2.04. The van der Waals surface area contributed by atoms with E-state index >= 15 is 0 Å². The largest absolute Gasteiger partial charge is 0.332 e. The molecule has 0 atom stereocenters. The highest BCUT2D eigenvalue weighted by Gasteiger charge is 2.18. The fourth-order valence-corrected chi connectivity index (χ4v) is 2.20. The predicted octanol–water partition coefficient (Wildman–Crippen LogP) is 3.15. The van der Waals surface area contributed by atoms with Crippen LogP contribution in [-0.4, -0.2) is 30.3 Å². The highest BCUT2D eigenvalue weighted by atomic mass is 19.1. The van der Waals surface area contributed by atoms with Crippen molar-refractivity contribution in [3.05, 3.63) is 65.0 Å². The lowest BCUT2D eigenvalue weighted by atomic mass is 10.1. The van der Waals surface area contributed by atoms with Gasteiger partial charge in [0.15, 0.2) is 0 Å². The quantitative estimate of drug-likeness (QED) is 0.942. The Morgan fingerprint density at radius 1 is 1.09 bits per heavy atom. The van der Waals surface area contributed by atoms with E-state index in [4.69, 9.17) is 0 Å². The third-order valence-corrected chi connectivity index (χ3v) is 3.71. The van der Waals surface area contributed by atoms with Crippen LogP contribution in [-0.2, 0) is 4.79 Å². The van der Waals surface area contributed by atoms with Gasteiger partial charge < -0.3 is 10.2 Å². The molecule has 2 rings (SSSR count). The number of nitrogens with zero attached hydrogens (tertiary/aromatic N) is 1. The standard InChI is InChI=1S/C18H19FN2O2/c1-12-7-6-10-16(13(12)2)20-17(22)11-21(3)18(23)14-8-4-5-9-15(14)19/h4-10H,11H2,1-3H3,(H,20,22). The third kappa shape index (κ3) is 3.94. The zero-order valence-corrected chi connectivity index (χ0v) is 13.4. The summed E-state index contributed by atoms with van der Waals surface area (Å²) in [4.78, 5) is 25.5. The van der Waals surface area contributed by atoms with Crippen molar-refractivity contribution in [2.75, 3.05) is 18.9 Å². The Kier molecular flexibility index (Phi) is 5.11. The molecule has 2 aromatic rings. The summed E-state index contributed by atoms with van der Waals surface area (Å²) < 4.78 is 13.6. The highest BCUT2D eigenvalue weighted by molar-refractivity contribution is 5.99. The Morgan fingerprint density at radius 3 is 2.48 bits per heavy atom. The lowest BCUT2D eigenvalue weighted by Crippen LogP contribution is -2.35. The normalized spacial score (nSPS) is 10.3. The van der Waals surface area contributed by atoms with E-state index in [2.05, 4.69) is 5.32 Å². The average molecular weight is 314 g/mol. The van der Waals surface area contributed by atoms with E-state index in [0.717, 1.165) is 11.1 Å². The van der Waals surface area contributed by atoms with Crippen molar-refractivity contribution in [2.24, 2.45) is 0 Å². The number of rotatable bonds is 4. The Morgan fingerprint density at radius 2 is 1.78 bits per heavy atom. The fourth-order valence-electron chi connectivity index (χ4n) is 2.20. The number of likely N-dealkylation sites (N-methyl/N-ethyl adjacent to an activating group) is 1. The molecule has 0 saturated carbocycles. The van der Waals surface area contributed by atoms with Gasteiger partial charge in [-0.1, -0.05) is 24.3 Å². The number of amides is 2. The van der Waals surface area contributed by atoms with Crippen molar-refractivity contribution >= 4 is 17.5 Å². The average Bonchev–Trinajstić information content (AvgIpc) is 2.51. The summed E-state index contributed by atoms with van der Waals surface area (Å²) in [6, 6.07) is 11.3. The van der Waals surface area contributed by atoms with Gasteiger partial charge in [0.25, 0.3) is 5.91 Å². The minimum Gasteiger partial charge on any atom is -0.332 e. The van der Waals surface area contributed by atoms with Crippen molar-refractivity contribution in [2.45, 2.75) is 13.8 Å². The Labute approximate surface area is 134 Å². The van der Waals surface area contributed by atoms with E-state index in [1.165, 1.54) is 30.1 Å². The highest BCUT2D eigenvalue weighted by Crippen LogP contribution is 2.18. The van der Waals surface area contributed by atoms with Crippen LogP contribution in [0.5, 0.6) is 0 Å². The van der Waals surface area contributed by atoms with Gasteiger partial charge in [-0.25, -0.2) is 4.39 Å². The first-order chi connectivity index (χ1) is 10.9. The van der Waals surface area contributed by atoms with E-state index < -0.39 is 11.7 Å². The molecule has 2 amide bonds. The van der Waals surface area contributed by atoms with Crippen LogP contribution >= 0.6 is 0 Å². The molecule has 0 bridgehead atoms. The van der Waals surface area contributed by atoms with Crippen LogP contribution in [0.2, 0.25) is 0 Å². The van der Waals surface area contributed by atoms with Gasteiger partial charge in [0.05, 0.1) is 12.1 Å². The maximum atomic E-state index is 13.6. The summed E-state index contributed by atoms with van der Waals surface area (Å²) in [6.45, 7) is 3.72. The molecule has 0 aliphatic rings. The molecule has 2 aromatic carbocycles. The van der Waals surface area contributed by atoms with Crippen LogP contribution in [0.4, 0.5) is 10.1 Å². The van der Waals surface area contributed by atoms with Crippen LogP contribution in [0, 0.1) is 19.7 Å². The second kappa shape index (κ2) is 7.05. The number of carbonyl (C=O) groups excluding carboxylic acids is 2. The van der Waals surface area contributed by atoms with E-state index in [0.29, 0.717) is 5.69 Å². The van der Waals surface area contributed by atoms with Crippen molar-refractivity contribution < 1.29 is 14.0 Å². The lowest BCUT2D eigenvalue weighted by Gasteiger charge is -2.18. The van der Waals surface area contributed by atoms with Crippen molar-refractivity contribution in [1.29, 1.82) is 0 Å². The number of benzene rings is 2. The first-order valence-electron chi connectivity index (χ1n) is 7.26. The van der Waals surface area contributed by atoms with Gasteiger partial charge in [-0.15, -0.1) is 0 Å². The monoisotopic (exact) mass is 314 g/mol. The molecule has 1 N–H and O–H groups in total. The molecule has 0 spiro atoms. The molecule has 23 heavy (non-hydrogen) atoms. The summed E-state index contributed by atoms with van der Waals surface area (Å²) in [5.41, 5.74) is 2.71. The van der Waals surface area contributed by atoms with Crippen LogP contribution in [0.3, 0.4) is 0 Å². The van der Waals surface area contributed by atoms with E-state index in [9.17, 15) is 14.0 Å². The van der Waals surface area contributed by atoms with Gasteiger partial charge in [-0.2, -0.15) is 0 Å². The van der Waals surface area contributed by atoms with Crippen LogP contribution in [0.25, 0.3) is 0 Å². The molecule has 0 aliphatic carbocycles. The van der Waals surface area contributed by atoms with Crippen LogP contribution in [0.1, 0.15) is 21.5 Å². The molecule has 0 fully saturated rings. The molecule has 0 aliphatic heterocycles. The van der Waals surface area contributed by atoms with Crippen LogP contribution < -0.4 is 5.32 Å². The first-order valence-corrected chi connectivity index (χ1v) is 7.26. The van der Waals surface area contributed by atoms with Crippen molar-refractivity contribution in [3.8, 4) is 0 Å². The summed E-state index contributed by atoms with van der Waals surface area (Å²) in [6.07, 6.45) is 0. The number of anilines is 1. The topological polar surface area (TPSA) is 49.4 Å². The lowest BCUT2D eigenvalue weighted by molar-refractivity contribution is -0.116. The fraction of sp³-hybridized carbons (Fsp3) is 0.222. The number of nitrogens with one attached hydrogen (secondary N) is 1. The van der Waals surface area contributed by atoms with Crippen molar-refractivity contribution in [1.82, 2.24) is 4.90 Å². The predicted molar refractivity (Wildman–Crippen MR) is 87.9 cm³/mol. The first kappa shape index (κ1) is 16.7. The zero-order chi connectivity index (χ0) is 17.0. The van der Waals surface area contributed by atoms with E-state index in [-0.39, 0.29) is 18.0 Å². The molecule has 0 aromatic heterocycles. The van der Waals surface area contributed by atoms with Gasteiger partial charge in [0.2, 0.25) is 5.91 Å². The van der Waals surface area contributed by atoms with Gasteiger partial charge in [0, 0.05) is 12.7 Å². The second-order valence-electron chi connectivity index (χ2n) is 5.44. The molecular formula is C18H19FN2O2. The maximum absolute atomic E-state index is 13.6. The van der Waals surface area contributed by atoms with E-state index in [1.54, 1.807) is 12.1 Å².